The van der Waals surface area contributed by atoms with Gasteiger partial charge in [-0.05, 0) is 25.5 Å². The van der Waals surface area contributed by atoms with Crippen LogP contribution in [0.25, 0.3) is 0 Å². The molecule has 0 aliphatic carbocycles. The number of hydrogen-bond donors (Lipinski definition) is 0. The zero-order valence-corrected chi connectivity index (χ0v) is 12.1. The number of benzene rings is 1. The lowest BCUT2D eigenvalue weighted by Crippen LogP contribution is -2.37. The Morgan fingerprint density at radius 2 is 1.89 bits per heavy atom. The van der Waals surface area contributed by atoms with Gasteiger partial charge in [0.15, 0.2) is 5.78 Å². The molecule has 1 unspecified atom stereocenters. The van der Waals surface area contributed by atoms with E-state index >= 15 is 0 Å². The van der Waals surface area contributed by atoms with Gasteiger partial charge in [0.25, 0.3) is 0 Å². The molecule has 4 nitrogen and oxygen atoms in total. The van der Waals surface area contributed by atoms with Crippen LogP contribution in [0.15, 0.2) is 24.3 Å². The van der Waals surface area contributed by atoms with E-state index in [1.165, 1.54) is 0 Å². The molecule has 1 rings (SSSR count). The highest BCUT2D eigenvalue weighted by Crippen LogP contribution is 2.26. The quantitative estimate of drug-likeness (QED) is 0.536. The summed E-state index contributed by atoms with van der Waals surface area (Å²) in [5.74, 6) is 0.506. The molecule has 0 fully saturated rings. The fraction of sp³-hybridized carbons (Fsp3) is 0.533. The number of ketones is 1. The van der Waals surface area contributed by atoms with Crippen LogP contribution >= 0.6 is 0 Å². The van der Waals surface area contributed by atoms with Gasteiger partial charge in [-0.1, -0.05) is 19.1 Å². The van der Waals surface area contributed by atoms with E-state index in [-0.39, 0.29) is 5.78 Å². The Hall–Kier alpha value is -1.39. The fourth-order valence-electron chi connectivity index (χ4n) is 1.70. The van der Waals surface area contributed by atoms with Crippen LogP contribution in [0.2, 0.25) is 0 Å². The lowest BCUT2D eigenvalue weighted by molar-refractivity contribution is 0.0103. The number of carbonyl (C=O) groups excluding carboxylic acids is 1. The van der Waals surface area contributed by atoms with Crippen LogP contribution in [0.1, 0.15) is 30.6 Å². The minimum atomic E-state index is -0.819. The lowest BCUT2D eigenvalue weighted by atomic mass is 9.91. The van der Waals surface area contributed by atoms with Crippen molar-refractivity contribution < 1.29 is 19.0 Å². The molecule has 0 heterocycles. The van der Waals surface area contributed by atoms with Crippen LogP contribution in [-0.2, 0) is 9.47 Å². The smallest absolute Gasteiger partial charge is 0.198 e. The maximum atomic E-state index is 12.5. The molecule has 106 valence electrons. The first kappa shape index (κ1) is 15.7. The molecule has 0 aliphatic rings. The third-order valence-electron chi connectivity index (χ3n) is 3.28. The van der Waals surface area contributed by atoms with Gasteiger partial charge >= 0.3 is 0 Å². The molecule has 0 saturated carbocycles. The van der Waals surface area contributed by atoms with Gasteiger partial charge in [0.05, 0.1) is 12.2 Å². The van der Waals surface area contributed by atoms with Crippen molar-refractivity contribution in [3.63, 3.8) is 0 Å². The number of hydrogen-bond acceptors (Lipinski definition) is 4. The normalized spacial score (nSPS) is 13.9. The van der Waals surface area contributed by atoms with Gasteiger partial charge in [-0.15, -0.1) is 0 Å². The Morgan fingerprint density at radius 3 is 2.47 bits per heavy atom. The summed E-state index contributed by atoms with van der Waals surface area (Å²) < 4.78 is 15.9. The standard InChI is InChI=1S/C15H22O4/c1-5-15(2,18-4)14(16)12-8-6-7-9-13(12)19-11-10-17-3/h6-9H,5,10-11H2,1-4H3. The molecule has 0 aromatic heterocycles. The van der Waals surface area contributed by atoms with E-state index < -0.39 is 5.60 Å². The predicted molar refractivity (Wildman–Crippen MR) is 73.8 cm³/mol. The minimum absolute atomic E-state index is 0.0643. The summed E-state index contributed by atoms with van der Waals surface area (Å²) in [5.41, 5.74) is -0.273. The number of carbonyl (C=O) groups is 1. The van der Waals surface area contributed by atoms with Gasteiger partial charge in [-0.3, -0.25) is 4.79 Å². The molecule has 0 N–H and O–H groups in total. The van der Waals surface area contributed by atoms with Crippen LogP contribution in [0.3, 0.4) is 0 Å². The summed E-state index contributed by atoms with van der Waals surface area (Å²) in [6.07, 6.45) is 0.606. The molecule has 0 amide bonds. The van der Waals surface area contributed by atoms with E-state index in [1.807, 2.05) is 19.1 Å². The molecule has 4 heteroatoms. The molecule has 0 radical (unpaired) electrons. The van der Waals surface area contributed by atoms with Crippen molar-refractivity contribution in [3.05, 3.63) is 29.8 Å². The average Bonchev–Trinajstić information content (AvgIpc) is 2.46. The largest absolute Gasteiger partial charge is 0.490 e. The summed E-state index contributed by atoms with van der Waals surface area (Å²) >= 11 is 0. The Bertz CT molecular complexity index is 410. The van der Waals surface area contributed by atoms with Crippen molar-refractivity contribution in [1.82, 2.24) is 0 Å². The molecular weight excluding hydrogens is 244 g/mol. The molecular formula is C15H22O4. The fourth-order valence-corrected chi connectivity index (χ4v) is 1.70. The monoisotopic (exact) mass is 266 g/mol. The third kappa shape index (κ3) is 3.78. The van der Waals surface area contributed by atoms with Gasteiger partial charge in [0, 0.05) is 14.2 Å². The summed E-state index contributed by atoms with van der Waals surface area (Å²) in [4.78, 5) is 12.5. The number of Topliss-reactive ketones (excluding diaryl/α,β-unsaturated/α-hetero) is 1. The van der Waals surface area contributed by atoms with Crippen LogP contribution < -0.4 is 4.74 Å². The highest BCUT2D eigenvalue weighted by atomic mass is 16.5. The SMILES string of the molecule is CCC(C)(OC)C(=O)c1ccccc1OCCOC. The van der Waals surface area contributed by atoms with E-state index in [0.717, 1.165) is 0 Å². The van der Waals surface area contributed by atoms with Gasteiger partial charge in [0.2, 0.25) is 0 Å². The number of rotatable bonds is 8. The number of para-hydroxylation sites is 1. The second kappa shape index (κ2) is 7.26. The number of methoxy groups -OCH3 is 2. The minimum Gasteiger partial charge on any atom is -0.490 e. The molecule has 19 heavy (non-hydrogen) atoms. The second-order valence-corrected chi connectivity index (χ2v) is 4.46. The van der Waals surface area contributed by atoms with Crippen LogP contribution in [0.4, 0.5) is 0 Å². The maximum absolute atomic E-state index is 12.5. The summed E-state index contributed by atoms with van der Waals surface area (Å²) in [5, 5.41) is 0. The zero-order chi connectivity index (χ0) is 14.3. The van der Waals surface area contributed by atoms with Crippen molar-refractivity contribution in [1.29, 1.82) is 0 Å². The first-order valence-electron chi connectivity index (χ1n) is 6.39. The molecule has 0 spiro atoms. The van der Waals surface area contributed by atoms with E-state index in [2.05, 4.69) is 0 Å². The van der Waals surface area contributed by atoms with E-state index in [1.54, 1.807) is 33.3 Å². The first-order valence-corrected chi connectivity index (χ1v) is 6.39. The average molecular weight is 266 g/mol. The molecule has 1 atom stereocenters. The van der Waals surface area contributed by atoms with Crippen LogP contribution in [0, 0.1) is 0 Å². The highest BCUT2D eigenvalue weighted by Gasteiger charge is 2.33. The molecule has 0 saturated heterocycles. The van der Waals surface area contributed by atoms with Crippen LogP contribution in [0.5, 0.6) is 5.75 Å². The maximum Gasteiger partial charge on any atom is 0.198 e. The van der Waals surface area contributed by atoms with Crippen LogP contribution in [-0.4, -0.2) is 38.8 Å². The summed E-state index contributed by atoms with van der Waals surface area (Å²) in [6.45, 7) is 4.62. The van der Waals surface area contributed by atoms with Crippen molar-refractivity contribution in [2.75, 3.05) is 27.4 Å². The van der Waals surface area contributed by atoms with Crippen molar-refractivity contribution >= 4 is 5.78 Å². The zero-order valence-electron chi connectivity index (χ0n) is 12.1. The first-order chi connectivity index (χ1) is 9.09. The lowest BCUT2D eigenvalue weighted by Gasteiger charge is -2.25. The highest BCUT2D eigenvalue weighted by molar-refractivity contribution is 6.04. The predicted octanol–water partition coefficient (Wildman–Crippen LogP) is 2.71. The van der Waals surface area contributed by atoms with Gasteiger partial charge < -0.3 is 14.2 Å². The van der Waals surface area contributed by atoms with Gasteiger partial charge in [0.1, 0.15) is 18.0 Å². The molecule has 1 aromatic carbocycles. The van der Waals surface area contributed by atoms with Crippen molar-refractivity contribution in [2.24, 2.45) is 0 Å². The van der Waals surface area contributed by atoms with E-state index in [4.69, 9.17) is 14.2 Å². The molecule has 1 aromatic rings. The van der Waals surface area contributed by atoms with E-state index in [0.29, 0.717) is 30.9 Å². The Labute approximate surface area is 114 Å². The Kier molecular flexibility index (Phi) is 5.99. The topological polar surface area (TPSA) is 44.8 Å². The second-order valence-electron chi connectivity index (χ2n) is 4.46. The molecule has 0 aliphatic heterocycles. The summed E-state index contributed by atoms with van der Waals surface area (Å²) in [7, 11) is 3.16. The van der Waals surface area contributed by atoms with Crippen molar-refractivity contribution in [2.45, 2.75) is 25.9 Å². The Balaban J connectivity index is 2.96. The Morgan fingerprint density at radius 1 is 1.21 bits per heavy atom. The third-order valence-corrected chi connectivity index (χ3v) is 3.28. The van der Waals surface area contributed by atoms with Gasteiger partial charge in [-0.2, -0.15) is 0 Å². The molecule has 0 bridgehead atoms. The summed E-state index contributed by atoms with van der Waals surface area (Å²) in [6, 6.07) is 7.21. The van der Waals surface area contributed by atoms with E-state index in [9.17, 15) is 4.79 Å². The number of ether oxygens (including phenoxy) is 3. The van der Waals surface area contributed by atoms with Crippen molar-refractivity contribution in [3.8, 4) is 5.75 Å². The van der Waals surface area contributed by atoms with Gasteiger partial charge in [-0.25, -0.2) is 0 Å².